The third-order valence-electron chi connectivity index (χ3n) is 3.12. The Bertz CT molecular complexity index is 152. The fourth-order valence-electron chi connectivity index (χ4n) is 2.21. The molecule has 1 aliphatic carbocycles. The van der Waals surface area contributed by atoms with Crippen LogP contribution < -0.4 is 5.73 Å². The van der Waals surface area contributed by atoms with Crippen LogP contribution in [0.5, 0.6) is 0 Å². The molecule has 1 saturated carbocycles. The van der Waals surface area contributed by atoms with Crippen LogP contribution in [0.25, 0.3) is 0 Å². The quantitative estimate of drug-likeness (QED) is 0.706. The van der Waals surface area contributed by atoms with Crippen molar-refractivity contribution in [2.24, 2.45) is 17.6 Å². The Morgan fingerprint density at radius 2 is 2.07 bits per heavy atom. The van der Waals surface area contributed by atoms with Crippen molar-refractivity contribution in [1.82, 2.24) is 0 Å². The van der Waals surface area contributed by atoms with Crippen LogP contribution in [0.2, 0.25) is 0 Å². The van der Waals surface area contributed by atoms with Crippen molar-refractivity contribution in [2.45, 2.75) is 32.3 Å². The molecule has 0 saturated heterocycles. The predicted molar refractivity (Wildman–Crippen MR) is 57.2 cm³/mol. The molecule has 0 bridgehead atoms. The van der Waals surface area contributed by atoms with Gasteiger partial charge in [0.2, 0.25) is 0 Å². The summed E-state index contributed by atoms with van der Waals surface area (Å²) in [5.74, 6) is 1.36. The Labute approximate surface area is 86.9 Å². The van der Waals surface area contributed by atoms with Crippen molar-refractivity contribution < 1.29 is 9.47 Å². The molecular weight excluding hydrogens is 178 g/mol. The first-order valence-corrected chi connectivity index (χ1v) is 5.58. The minimum atomic E-state index is 0.207. The Balaban J connectivity index is 2.16. The lowest BCUT2D eigenvalue weighted by molar-refractivity contribution is -0.0115. The standard InChI is InChI=1S/C11H23NO2/c1-9(7-13-2)14-8-11-5-3-4-10(11)6-12/h9-11H,3-8,12H2,1-2H3. The van der Waals surface area contributed by atoms with E-state index < -0.39 is 0 Å². The van der Waals surface area contributed by atoms with Crippen molar-refractivity contribution in [2.75, 3.05) is 26.9 Å². The van der Waals surface area contributed by atoms with E-state index >= 15 is 0 Å². The van der Waals surface area contributed by atoms with Crippen LogP contribution in [-0.4, -0.2) is 33.0 Å². The van der Waals surface area contributed by atoms with Crippen molar-refractivity contribution in [1.29, 1.82) is 0 Å². The topological polar surface area (TPSA) is 44.5 Å². The van der Waals surface area contributed by atoms with Gasteiger partial charge in [-0.1, -0.05) is 6.42 Å². The highest BCUT2D eigenvalue weighted by Gasteiger charge is 2.26. The number of rotatable bonds is 6. The molecule has 2 N–H and O–H groups in total. The number of hydrogen-bond acceptors (Lipinski definition) is 3. The first-order valence-electron chi connectivity index (χ1n) is 5.58. The normalized spacial score (nSPS) is 29.4. The van der Waals surface area contributed by atoms with Crippen molar-refractivity contribution in [3.63, 3.8) is 0 Å². The zero-order chi connectivity index (χ0) is 10.4. The third-order valence-corrected chi connectivity index (χ3v) is 3.12. The summed E-state index contributed by atoms with van der Waals surface area (Å²) in [5, 5.41) is 0. The summed E-state index contributed by atoms with van der Waals surface area (Å²) in [7, 11) is 1.71. The van der Waals surface area contributed by atoms with Gasteiger partial charge in [0.05, 0.1) is 19.3 Å². The maximum Gasteiger partial charge on any atom is 0.0780 e. The molecule has 1 fully saturated rings. The Morgan fingerprint density at radius 1 is 1.36 bits per heavy atom. The Kier molecular flexibility index (Phi) is 5.45. The maximum absolute atomic E-state index is 5.72. The summed E-state index contributed by atoms with van der Waals surface area (Å²) in [4.78, 5) is 0. The number of nitrogens with two attached hydrogens (primary N) is 1. The van der Waals surface area contributed by atoms with E-state index in [0.29, 0.717) is 18.4 Å². The molecule has 0 aliphatic heterocycles. The molecule has 3 nitrogen and oxygen atoms in total. The molecule has 0 amide bonds. The van der Waals surface area contributed by atoms with Crippen molar-refractivity contribution >= 4 is 0 Å². The maximum atomic E-state index is 5.72. The molecule has 0 radical (unpaired) electrons. The molecular formula is C11H23NO2. The fourth-order valence-corrected chi connectivity index (χ4v) is 2.21. The van der Waals surface area contributed by atoms with Crippen LogP contribution in [0.4, 0.5) is 0 Å². The van der Waals surface area contributed by atoms with Crippen LogP contribution in [0, 0.1) is 11.8 Å². The largest absolute Gasteiger partial charge is 0.382 e. The van der Waals surface area contributed by atoms with Crippen LogP contribution in [-0.2, 0) is 9.47 Å². The highest BCUT2D eigenvalue weighted by Crippen LogP contribution is 2.31. The minimum Gasteiger partial charge on any atom is -0.382 e. The Morgan fingerprint density at radius 3 is 2.71 bits per heavy atom. The first-order chi connectivity index (χ1) is 6.77. The summed E-state index contributed by atoms with van der Waals surface area (Å²) in [6, 6.07) is 0. The second-order valence-corrected chi connectivity index (χ2v) is 4.29. The summed E-state index contributed by atoms with van der Waals surface area (Å²) in [6.45, 7) is 4.40. The number of methoxy groups -OCH3 is 1. The van der Waals surface area contributed by atoms with Gasteiger partial charge in [-0.3, -0.25) is 0 Å². The Hall–Kier alpha value is -0.120. The molecule has 14 heavy (non-hydrogen) atoms. The highest BCUT2D eigenvalue weighted by molar-refractivity contribution is 4.77. The van der Waals surface area contributed by atoms with Gasteiger partial charge in [0, 0.05) is 7.11 Å². The van der Waals surface area contributed by atoms with E-state index in [1.165, 1.54) is 19.3 Å². The van der Waals surface area contributed by atoms with E-state index in [0.717, 1.165) is 13.2 Å². The highest BCUT2D eigenvalue weighted by atomic mass is 16.5. The fraction of sp³-hybridized carbons (Fsp3) is 1.00. The lowest BCUT2D eigenvalue weighted by Gasteiger charge is -2.20. The molecule has 0 aromatic carbocycles. The molecule has 3 unspecified atom stereocenters. The van der Waals surface area contributed by atoms with Crippen LogP contribution in [0.1, 0.15) is 26.2 Å². The molecule has 0 aromatic rings. The third kappa shape index (κ3) is 3.56. The summed E-state index contributed by atoms with van der Waals surface area (Å²) >= 11 is 0. The van der Waals surface area contributed by atoms with Gasteiger partial charge < -0.3 is 15.2 Å². The van der Waals surface area contributed by atoms with Gasteiger partial charge in [-0.2, -0.15) is 0 Å². The SMILES string of the molecule is COCC(C)OCC1CCCC1CN. The van der Waals surface area contributed by atoms with Gasteiger partial charge in [-0.05, 0) is 38.1 Å². The van der Waals surface area contributed by atoms with E-state index in [4.69, 9.17) is 15.2 Å². The minimum absolute atomic E-state index is 0.207. The molecule has 1 rings (SSSR count). The van der Waals surface area contributed by atoms with E-state index in [-0.39, 0.29) is 6.10 Å². The zero-order valence-corrected chi connectivity index (χ0v) is 9.37. The molecule has 1 aliphatic rings. The molecule has 0 spiro atoms. The van der Waals surface area contributed by atoms with E-state index in [1.54, 1.807) is 7.11 Å². The summed E-state index contributed by atoms with van der Waals surface area (Å²) in [6.07, 6.45) is 4.08. The summed E-state index contributed by atoms with van der Waals surface area (Å²) < 4.78 is 10.7. The van der Waals surface area contributed by atoms with Gasteiger partial charge in [0.25, 0.3) is 0 Å². The lowest BCUT2D eigenvalue weighted by Crippen LogP contribution is -2.25. The van der Waals surface area contributed by atoms with Crippen LogP contribution in [0.3, 0.4) is 0 Å². The average molecular weight is 201 g/mol. The second kappa shape index (κ2) is 6.38. The van der Waals surface area contributed by atoms with Crippen molar-refractivity contribution in [3.05, 3.63) is 0 Å². The number of ether oxygens (including phenoxy) is 2. The van der Waals surface area contributed by atoms with Crippen molar-refractivity contribution in [3.8, 4) is 0 Å². The first kappa shape index (κ1) is 12.0. The van der Waals surface area contributed by atoms with Gasteiger partial charge in [0.1, 0.15) is 0 Å². The average Bonchev–Trinajstić information content (AvgIpc) is 2.62. The van der Waals surface area contributed by atoms with E-state index in [1.807, 2.05) is 0 Å². The van der Waals surface area contributed by atoms with Gasteiger partial charge in [0.15, 0.2) is 0 Å². The van der Waals surface area contributed by atoms with Gasteiger partial charge in [-0.25, -0.2) is 0 Å². The number of hydrogen-bond donors (Lipinski definition) is 1. The van der Waals surface area contributed by atoms with E-state index in [2.05, 4.69) is 6.92 Å². The molecule has 3 atom stereocenters. The molecule has 0 aromatic heterocycles. The van der Waals surface area contributed by atoms with Gasteiger partial charge in [-0.15, -0.1) is 0 Å². The molecule has 84 valence electrons. The van der Waals surface area contributed by atoms with Gasteiger partial charge >= 0.3 is 0 Å². The second-order valence-electron chi connectivity index (χ2n) is 4.29. The van der Waals surface area contributed by atoms with E-state index in [9.17, 15) is 0 Å². The lowest BCUT2D eigenvalue weighted by atomic mass is 9.97. The monoisotopic (exact) mass is 201 g/mol. The van der Waals surface area contributed by atoms with Crippen LogP contribution in [0.15, 0.2) is 0 Å². The smallest absolute Gasteiger partial charge is 0.0780 e. The summed E-state index contributed by atoms with van der Waals surface area (Å²) in [5.41, 5.74) is 5.71. The zero-order valence-electron chi connectivity index (χ0n) is 9.37. The molecule has 3 heteroatoms. The predicted octanol–water partition coefficient (Wildman–Crippen LogP) is 1.41. The van der Waals surface area contributed by atoms with Crippen LogP contribution >= 0.6 is 0 Å². The molecule has 0 heterocycles.